The maximum absolute atomic E-state index is 12.6. The summed E-state index contributed by atoms with van der Waals surface area (Å²) in [6.45, 7) is 4.03. The van der Waals surface area contributed by atoms with E-state index in [2.05, 4.69) is 15.9 Å². The number of benzene rings is 1. The minimum Gasteiger partial charge on any atom is -0.496 e. The van der Waals surface area contributed by atoms with Crippen LogP contribution in [0.1, 0.15) is 25.2 Å². The molecule has 0 saturated heterocycles. The highest BCUT2D eigenvalue weighted by atomic mass is 79.9. The molecular weight excluding hydrogens is 333 g/mol. The summed E-state index contributed by atoms with van der Waals surface area (Å²) < 4.78 is 29.3. The summed E-state index contributed by atoms with van der Waals surface area (Å²) in [6.07, 6.45) is 0. The summed E-state index contributed by atoms with van der Waals surface area (Å²) >= 11 is 3.35. The predicted molar refractivity (Wildman–Crippen MR) is 78.5 cm³/mol. The minimum absolute atomic E-state index is 0.268. The maximum Gasteiger partial charge on any atom is 0.351 e. The zero-order valence-electron chi connectivity index (χ0n) is 11.3. The molecule has 0 aromatic heterocycles. The Kier molecular flexibility index (Phi) is 6.50. The molecule has 0 spiro atoms. The van der Waals surface area contributed by atoms with Crippen molar-refractivity contribution in [2.24, 2.45) is 5.73 Å². The first kappa shape index (κ1) is 16.7. The summed E-state index contributed by atoms with van der Waals surface area (Å²) in [5.41, 5.74) is 6.66. The molecule has 0 aliphatic carbocycles. The van der Waals surface area contributed by atoms with Crippen LogP contribution in [0.2, 0.25) is 0 Å². The zero-order chi connectivity index (χ0) is 14.5. The van der Waals surface area contributed by atoms with Gasteiger partial charge in [-0.2, -0.15) is 0 Å². The number of nitrogens with two attached hydrogens (primary N) is 1. The van der Waals surface area contributed by atoms with Crippen LogP contribution in [0.5, 0.6) is 5.75 Å². The molecule has 0 saturated carbocycles. The van der Waals surface area contributed by atoms with Gasteiger partial charge in [-0.3, -0.25) is 4.57 Å². The van der Waals surface area contributed by atoms with Crippen molar-refractivity contribution in [3.63, 3.8) is 0 Å². The van der Waals surface area contributed by atoms with Crippen LogP contribution in [0.25, 0.3) is 0 Å². The van der Waals surface area contributed by atoms with Crippen molar-refractivity contribution in [3.05, 3.63) is 28.2 Å². The van der Waals surface area contributed by atoms with E-state index in [0.717, 1.165) is 4.47 Å². The highest BCUT2D eigenvalue weighted by Gasteiger charge is 2.35. The summed E-state index contributed by atoms with van der Waals surface area (Å²) in [5, 5.41) is 0. The van der Waals surface area contributed by atoms with E-state index in [-0.39, 0.29) is 13.2 Å². The second-order valence-electron chi connectivity index (χ2n) is 3.71. The summed E-state index contributed by atoms with van der Waals surface area (Å²) in [4.78, 5) is 0. The monoisotopic (exact) mass is 351 g/mol. The van der Waals surface area contributed by atoms with Gasteiger partial charge in [-0.15, -0.1) is 0 Å². The highest BCUT2D eigenvalue weighted by Crippen LogP contribution is 2.59. The average Bonchev–Trinajstić information content (AvgIpc) is 2.38. The standard InChI is InChI=1S/C12H19BrNO4P/c1-4-17-19(15,18-5-2)12(14)10-7-6-9(13)8-11(10)16-3/h6-8,12H,4-5,14H2,1-3H3/t12-/m0/s1. The van der Waals surface area contributed by atoms with E-state index < -0.39 is 13.4 Å². The Morgan fingerprint density at radius 3 is 2.37 bits per heavy atom. The van der Waals surface area contributed by atoms with E-state index in [1.165, 1.54) is 7.11 Å². The fourth-order valence-electron chi connectivity index (χ4n) is 1.66. The predicted octanol–water partition coefficient (Wildman–Crippen LogP) is 3.68. The lowest BCUT2D eigenvalue weighted by Crippen LogP contribution is -2.16. The third kappa shape index (κ3) is 4.04. The molecule has 0 aliphatic heterocycles. The number of halogens is 1. The van der Waals surface area contributed by atoms with Crippen molar-refractivity contribution in [1.29, 1.82) is 0 Å². The molecule has 0 amide bonds. The largest absolute Gasteiger partial charge is 0.496 e. The topological polar surface area (TPSA) is 70.8 Å². The first-order chi connectivity index (χ1) is 8.98. The Labute approximate surface area is 122 Å². The third-order valence-electron chi connectivity index (χ3n) is 2.47. The van der Waals surface area contributed by atoms with Crippen LogP contribution in [-0.4, -0.2) is 20.3 Å². The number of methoxy groups -OCH3 is 1. The van der Waals surface area contributed by atoms with Gasteiger partial charge < -0.3 is 19.5 Å². The molecule has 1 rings (SSSR count). The molecular formula is C12H19BrNO4P. The van der Waals surface area contributed by atoms with Gasteiger partial charge in [-0.05, 0) is 26.0 Å². The van der Waals surface area contributed by atoms with Crippen LogP contribution in [0.3, 0.4) is 0 Å². The quantitative estimate of drug-likeness (QED) is 0.758. The number of rotatable bonds is 7. The van der Waals surface area contributed by atoms with Gasteiger partial charge in [-0.1, -0.05) is 22.0 Å². The van der Waals surface area contributed by atoms with Gasteiger partial charge >= 0.3 is 7.60 Å². The molecule has 0 heterocycles. The third-order valence-corrected chi connectivity index (χ3v) is 5.16. The van der Waals surface area contributed by atoms with Crippen molar-refractivity contribution in [2.75, 3.05) is 20.3 Å². The maximum atomic E-state index is 12.6. The summed E-state index contributed by atoms with van der Waals surface area (Å²) in [6, 6.07) is 5.32. The van der Waals surface area contributed by atoms with Crippen molar-refractivity contribution in [3.8, 4) is 5.75 Å². The Bertz CT molecular complexity index is 459. The first-order valence-corrected chi connectivity index (χ1v) is 8.36. The molecule has 0 unspecified atom stereocenters. The van der Waals surface area contributed by atoms with Crippen molar-refractivity contribution >= 4 is 23.5 Å². The molecule has 7 heteroatoms. The SMILES string of the molecule is CCOP(=O)(OCC)[C@H](N)c1ccc(Br)cc1OC. The normalized spacial score (nSPS) is 13.3. The Morgan fingerprint density at radius 2 is 1.89 bits per heavy atom. The molecule has 108 valence electrons. The van der Waals surface area contributed by atoms with Crippen molar-refractivity contribution in [1.82, 2.24) is 0 Å². The van der Waals surface area contributed by atoms with Crippen LogP contribution < -0.4 is 10.5 Å². The Morgan fingerprint density at radius 1 is 1.32 bits per heavy atom. The smallest absolute Gasteiger partial charge is 0.351 e. The average molecular weight is 352 g/mol. The van der Waals surface area contributed by atoms with Gasteiger partial charge in [0.15, 0.2) is 0 Å². The molecule has 1 atom stereocenters. The van der Waals surface area contributed by atoms with Gasteiger partial charge in [0.2, 0.25) is 0 Å². The lowest BCUT2D eigenvalue weighted by atomic mass is 10.2. The lowest BCUT2D eigenvalue weighted by molar-refractivity contribution is 0.212. The van der Waals surface area contributed by atoms with Crippen LogP contribution in [0, 0.1) is 0 Å². The van der Waals surface area contributed by atoms with Gasteiger partial charge in [0.25, 0.3) is 0 Å². The fraction of sp³-hybridized carbons (Fsp3) is 0.500. The Balaban J connectivity index is 3.16. The molecule has 0 fully saturated rings. The van der Waals surface area contributed by atoms with Gasteiger partial charge in [-0.25, -0.2) is 0 Å². The van der Waals surface area contributed by atoms with Gasteiger partial charge in [0, 0.05) is 10.0 Å². The van der Waals surface area contributed by atoms with Crippen LogP contribution in [0.4, 0.5) is 0 Å². The number of ether oxygens (including phenoxy) is 1. The molecule has 1 aromatic rings. The number of hydrogen-bond donors (Lipinski definition) is 1. The second kappa shape index (κ2) is 7.41. The van der Waals surface area contributed by atoms with Crippen molar-refractivity contribution < 1.29 is 18.3 Å². The second-order valence-corrected chi connectivity index (χ2v) is 6.77. The van der Waals surface area contributed by atoms with E-state index in [1.807, 2.05) is 0 Å². The van der Waals surface area contributed by atoms with Crippen LogP contribution in [0.15, 0.2) is 22.7 Å². The Hall–Kier alpha value is -0.390. The van der Waals surface area contributed by atoms with E-state index in [0.29, 0.717) is 11.3 Å². The highest BCUT2D eigenvalue weighted by molar-refractivity contribution is 9.10. The van der Waals surface area contributed by atoms with Gasteiger partial charge in [0.05, 0.1) is 20.3 Å². The lowest BCUT2D eigenvalue weighted by Gasteiger charge is -2.24. The van der Waals surface area contributed by atoms with Crippen LogP contribution >= 0.6 is 23.5 Å². The van der Waals surface area contributed by atoms with E-state index in [9.17, 15) is 4.57 Å². The summed E-state index contributed by atoms with van der Waals surface area (Å²) in [7, 11) is -1.87. The summed E-state index contributed by atoms with van der Waals surface area (Å²) in [5.74, 6) is -0.336. The molecule has 1 aromatic carbocycles. The first-order valence-electron chi connectivity index (χ1n) is 5.96. The van der Waals surface area contributed by atoms with Crippen molar-refractivity contribution in [2.45, 2.75) is 19.6 Å². The number of hydrogen-bond acceptors (Lipinski definition) is 5. The minimum atomic E-state index is -3.41. The van der Waals surface area contributed by atoms with E-state index in [4.69, 9.17) is 19.5 Å². The van der Waals surface area contributed by atoms with Gasteiger partial charge in [0.1, 0.15) is 11.5 Å². The molecule has 19 heavy (non-hydrogen) atoms. The molecule has 5 nitrogen and oxygen atoms in total. The van der Waals surface area contributed by atoms with E-state index in [1.54, 1.807) is 32.0 Å². The van der Waals surface area contributed by atoms with E-state index >= 15 is 0 Å². The molecule has 2 N–H and O–H groups in total. The fourth-order valence-corrected chi connectivity index (χ4v) is 3.67. The molecule has 0 radical (unpaired) electrons. The molecule has 0 bridgehead atoms. The zero-order valence-corrected chi connectivity index (χ0v) is 13.7. The molecule has 0 aliphatic rings. The van der Waals surface area contributed by atoms with Crippen LogP contribution in [-0.2, 0) is 13.6 Å².